The van der Waals surface area contributed by atoms with Crippen molar-refractivity contribution in [3.63, 3.8) is 0 Å². The summed E-state index contributed by atoms with van der Waals surface area (Å²) in [4.78, 5) is 24.1. The van der Waals surface area contributed by atoms with Gasteiger partial charge in [0.1, 0.15) is 17.3 Å². The van der Waals surface area contributed by atoms with Crippen molar-refractivity contribution in [2.75, 3.05) is 7.11 Å². The summed E-state index contributed by atoms with van der Waals surface area (Å²) in [6, 6.07) is 16.6. The highest BCUT2D eigenvalue weighted by Crippen LogP contribution is 2.44. The maximum atomic E-state index is 14.3. The van der Waals surface area contributed by atoms with Gasteiger partial charge in [-0.25, -0.2) is 9.18 Å². The lowest BCUT2D eigenvalue weighted by Crippen LogP contribution is -2.12. The van der Waals surface area contributed by atoms with Crippen LogP contribution in [0, 0.1) is 18.7 Å². The Morgan fingerprint density at radius 1 is 1.09 bits per heavy atom. The van der Waals surface area contributed by atoms with E-state index in [4.69, 9.17) is 9.47 Å². The molecule has 1 aliphatic carbocycles. The van der Waals surface area contributed by atoms with E-state index in [0.29, 0.717) is 39.7 Å². The molecule has 3 aromatic carbocycles. The molecule has 0 unspecified atom stereocenters. The molecule has 0 amide bonds. The van der Waals surface area contributed by atoms with E-state index in [1.165, 1.54) is 13.2 Å². The van der Waals surface area contributed by atoms with Gasteiger partial charge in [-0.3, -0.25) is 4.79 Å². The van der Waals surface area contributed by atoms with Gasteiger partial charge >= 0.3 is 11.9 Å². The first-order valence-corrected chi connectivity index (χ1v) is 10.8. The zero-order chi connectivity index (χ0) is 23.5. The van der Waals surface area contributed by atoms with Gasteiger partial charge in [0, 0.05) is 5.56 Å². The predicted molar refractivity (Wildman–Crippen MR) is 122 cm³/mol. The van der Waals surface area contributed by atoms with Crippen LogP contribution in [0.2, 0.25) is 0 Å². The zero-order valence-corrected chi connectivity index (χ0v) is 18.5. The monoisotopic (exact) mass is 448 g/mol. The Balaban J connectivity index is 1.54. The number of ether oxygens (including phenoxy) is 2. The Kier molecular flexibility index (Phi) is 6.45. The second kappa shape index (κ2) is 9.45. The molecular weight excluding hydrogens is 423 g/mol. The van der Waals surface area contributed by atoms with Crippen molar-refractivity contribution in [3.05, 3.63) is 83.2 Å². The fourth-order valence-corrected chi connectivity index (χ4v) is 4.08. The number of aliphatic carboxylic acids is 1. The quantitative estimate of drug-likeness (QED) is 0.338. The molecule has 0 spiro atoms. The van der Waals surface area contributed by atoms with Gasteiger partial charge < -0.3 is 14.6 Å². The number of carbonyl (C=O) groups is 2. The molecule has 4 rings (SSSR count). The van der Waals surface area contributed by atoms with Crippen molar-refractivity contribution in [1.29, 1.82) is 0 Å². The fraction of sp³-hybridized carbons (Fsp3) is 0.259. The number of hydrogen-bond acceptors (Lipinski definition) is 4. The normalized spacial score (nSPS) is 13.9. The third-order valence-corrected chi connectivity index (χ3v) is 6.00. The molecule has 0 aromatic heterocycles. The average molecular weight is 448 g/mol. The van der Waals surface area contributed by atoms with E-state index in [9.17, 15) is 19.1 Å². The molecule has 0 bridgehead atoms. The molecule has 0 radical (unpaired) electrons. The van der Waals surface area contributed by atoms with E-state index in [-0.39, 0.29) is 18.2 Å². The van der Waals surface area contributed by atoms with E-state index in [2.05, 4.69) is 0 Å². The van der Waals surface area contributed by atoms with Crippen molar-refractivity contribution in [2.24, 2.45) is 5.92 Å². The molecule has 0 saturated heterocycles. The lowest BCUT2D eigenvalue weighted by molar-refractivity contribution is -0.137. The molecule has 33 heavy (non-hydrogen) atoms. The highest BCUT2D eigenvalue weighted by Gasteiger charge is 2.34. The molecule has 1 atom stereocenters. The number of carboxylic acid groups (broad SMARTS) is 1. The van der Waals surface area contributed by atoms with Crippen molar-refractivity contribution >= 4 is 11.9 Å². The minimum Gasteiger partial charge on any atom is -0.497 e. The molecule has 1 N–H and O–H groups in total. The first-order chi connectivity index (χ1) is 15.9. The van der Waals surface area contributed by atoms with Crippen molar-refractivity contribution in [1.82, 2.24) is 0 Å². The van der Waals surface area contributed by atoms with Crippen molar-refractivity contribution in [3.8, 4) is 22.6 Å². The van der Waals surface area contributed by atoms with Gasteiger partial charge in [-0.05, 0) is 90.8 Å². The smallest absolute Gasteiger partial charge is 0.343 e. The number of aryl methyl sites for hydroxylation is 1. The van der Waals surface area contributed by atoms with Gasteiger partial charge in [-0.15, -0.1) is 0 Å². The lowest BCUT2D eigenvalue weighted by Gasteiger charge is -2.15. The minimum atomic E-state index is -0.844. The number of benzene rings is 3. The number of methoxy groups -OCH3 is 1. The number of carboxylic acids is 1. The van der Waals surface area contributed by atoms with Crippen LogP contribution in [-0.2, 0) is 4.79 Å². The molecule has 6 heteroatoms. The Labute approximate surface area is 191 Å². The lowest BCUT2D eigenvalue weighted by atomic mass is 9.90. The summed E-state index contributed by atoms with van der Waals surface area (Å²) in [5.74, 6) is -0.571. The van der Waals surface area contributed by atoms with Crippen LogP contribution in [0.25, 0.3) is 11.1 Å². The Morgan fingerprint density at radius 2 is 1.88 bits per heavy atom. The maximum Gasteiger partial charge on any atom is 0.343 e. The fourth-order valence-electron chi connectivity index (χ4n) is 4.08. The number of esters is 1. The van der Waals surface area contributed by atoms with E-state index in [1.807, 2.05) is 6.07 Å². The van der Waals surface area contributed by atoms with Gasteiger partial charge in [-0.2, -0.15) is 0 Å². The summed E-state index contributed by atoms with van der Waals surface area (Å²) in [7, 11) is 1.52. The molecular formula is C27H25FO5. The molecule has 1 fully saturated rings. The number of hydrogen-bond donors (Lipinski definition) is 1. The number of carbonyl (C=O) groups excluding carboxylic acids is 1. The van der Waals surface area contributed by atoms with Crippen LogP contribution in [-0.4, -0.2) is 24.2 Å². The summed E-state index contributed by atoms with van der Waals surface area (Å²) in [5, 5.41) is 9.25. The second-order valence-electron chi connectivity index (χ2n) is 8.38. The van der Waals surface area contributed by atoms with Crippen LogP contribution in [0.5, 0.6) is 11.5 Å². The van der Waals surface area contributed by atoms with E-state index >= 15 is 0 Å². The van der Waals surface area contributed by atoms with Gasteiger partial charge in [0.15, 0.2) is 0 Å². The average Bonchev–Trinajstić information content (AvgIpc) is 3.64. The van der Waals surface area contributed by atoms with Gasteiger partial charge in [-0.1, -0.05) is 18.2 Å². The largest absolute Gasteiger partial charge is 0.497 e. The molecule has 1 aliphatic rings. The summed E-state index contributed by atoms with van der Waals surface area (Å²) in [6.07, 6.45) is 2.06. The van der Waals surface area contributed by atoms with Gasteiger partial charge in [0.25, 0.3) is 0 Å². The summed E-state index contributed by atoms with van der Waals surface area (Å²) in [5.41, 5.74) is 2.93. The van der Waals surface area contributed by atoms with Crippen molar-refractivity contribution < 1.29 is 28.6 Å². The highest BCUT2D eigenvalue weighted by molar-refractivity contribution is 5.91. The Hall–Kier alpha value is -3.67. The van der Waals surface area contributed by atoms with E-state index in [0.717, 1.165) is 18.4 Å². The van der Waals surface area contributed by atoms with Crippen LogP contribution >= 0.6 is 0 Å². The Morgan fingerprint density at radius 3 is 2.55 bits per heavy atom. The van der Waals surface area contributed by atoms with Gasteiger partial charge in [0.2, 0.25) is 0 Å². The molecule has 0 heterocycles. The molecule has 1 saturated carbocycles. The summed E-state index contributed by atoms with van der Waals surface area (Å²) >= 11 is 0. The first-order valence-electron chi connectivity index (χ1n) is 10.8. The highest BCUT2D eigenvalue weighted by atomic mass is 19.1. The summed E-state index contributed by atoms with van der Waals surface area (Å²) < 4.78 is 25.1. The standard InChI is InChI=1S/C27H25FO5/c1-16-12-19(23-14-21(32-2)9-10-24(23)28)8-11-25(16)33-27(31)20-5-3-4-18(13-20)22(15-26(29)30)17-6-7-17/h3-5,8-14,17,22H,6-7,15H2,1-2H3,(H,29,30)/t22-/m0/s1. The van der Waals surface area contributed by atoms with Crippen LogP contribution < -0.4 is 9.47 Å². The number of halogens is 1. The second-order valence-corrected chi connectivity index (χ2v) is 8.38. The third-order valence-electron chi connectivity index (χ3n) is 6.00. The van der Waals surface area contributed by atoms with Crippen molar-refractivity contribution in [2.45, 2.75) is 32.1 Å². The minimum absolute atomic E-state index is 0.0462. The summed E-state index contributed by atoms with van der Waals surface area (Å²) in [6.45, 7) is 1.79. The van der Waals surface area contributed by atoms with Crippen LogP contribution in [0.15, 0.2) is 60.7 Å². The molecule has 3 aromatic rings. The third kappa shape index (κ3) is 5.22. The van der Waals surface area contributed by atoms with E-state index in [1.54, 1.807) is 55.5 Å². The predicted octanol–water partition coefficient (Wildman–Crippen LogP) is 6.00. The SMILES string of the molecule is COc1ccc(F)c(-c2ccc(OC(=O)c3cccc([C@@H](CC(=O)O)C4CC4)c3)c(C)c2)c1. The van der Waals surface area contributed by atoms with Crippen LogP contribution in [0.1, 0.15) is 46.7 Å². The molecule has 5 nitrogen and oxygen atoms in total. The molecule has 170 valence electrons. The maximum absolute atomic E-state index is 14.3. The first kappa shape index (κ1) is 22.5. The zero-order valence-electron chi connectivity index (χ0n) is 18.5. The molecule has 0 aliphatic heterocycles. The van der Waals surface area contributed by atoms with Crippen LogP contribution in [0.3, 0.4) is 0 Å². The van der Waals surface area contributed by atoms with E-state index < -0.39 is 11.9 Å². The Bertz CT molecular complexity index is 1200. The van der Waals surface area contributed by atoms with Gasteiger partial charge in [0.05, 0.1) is 19.1 Å². The number of rotatable bonds is 8. The van der Waals surface area contributed by atoms with Crippen LogP contribution in [0.4, 0.5) is 4.39 Å². The topological polar surface area (TPSA) is 72.8 Å².